The Morgan fingerprint density at radius 3 is 2.22 bits per heavy atom. The van der Waals surface area contributed by atoms with Crippen LogP contribution in [0.3, 0.4) is 0 Å². The number of amides is 1. The van der Waals surface area contributed by atoms with E-state index < -0.39 is 24.2 Å². The molecule has 3 unspecified atom stereocenters. The lowest BCUT2D eigenvalue weighted by Crippen LogP contribution is -2.42. The van der Waals surface area contributed by atoms with E-state index in [1.54, 1.807) is 0 Å². The van der Waals surface area contributed by atoms with Crippen LogP contribution in [0, 0.1) is 0 Å². The van der Waals surface area contributed by atoms with Crippen molar-refractivity contribution in [1.29, 1.82) is 0 Å². The van der Waals surface area contributed by atoms with Crippen LogP contribution in [0.1, 0.15) is 35.8 Å². The van der Waals surface area contributed by atoms with E-state index in [0.717, 1.165) is 11.1 Å². The van der Waals surface area contributed by atoms with Gasteiger partial charge in [-0.2, -0.15) is 0 Å². The summed E-state index contributed by atoms with van der Waals surface area (Å²) in [5.41, 5.74) is 2.67. The van der Waals surface area contributed by atoms with Crippen LogP contribution in [0.4, 0.5) is 4.79 Å². The summed E-state index contributed by atoms with van der Waals surface area (Å²) in [5, 5.41) is 0. The average Bonchev–Trinajstić information content (AvgIpc) is 3.20. The van der Waals surface area contributed by atoms with Gasteiger partial charge in [-0.3, -0.25) is 4.90 Å². The molecule has 0 aliphatic carbocycles. The van der Waals surface area contributed by atoms with Crippen LogP contribution in [0.2, 0.25) is 0 Å². The molecule has 1 aliphatic rings. The molecule has 3 aromatic carbocycles. The number of cyclic esters (lactones) is 1. The van der Waals surface area contributed by atoms with Crippen LogP contribution in [0.5, 0.6) is 5.75 Å². The first-order valence-corrected chi connectivity index (χ1v) is 10.5. The minimum atomic E-state index is -0.890. The minimum absolute atomic E-state index is 0.355. The second-order valence-electron chi connectivity index (χ2n) is 7.61. The van der Waals surface area contributed by atoms with E-state index in [2.05, 4.69) is 0 Å². The summed E-state index contributed by atoms with van der Waals surface area (Å²) in [6.07, 6.45) is -1.32. The molecule has 6 nitrogen and oxygen atoms in total. The predicted octanol–water partition coefficient (Wildman–Crippen LogP) is 5.06. The number of rotatable bonds is 7. The second kappa shape index (κ2) is 9.56. The first-order valence-electron chi connectivity index (χ1n) is 10.5. The molecule has 0 saturated carbocycles. The van der Waals surface area contributed by atoms with Crippen LogP contribution in [-0.4, -0.2) is 30.1 Å². The highest BCUT2D eigenvalue weighted by atomic mass is 16.6. The van der Waals surface area contributed by atoms with Gasteiger partial charge in [-0.1, -0.05) is 72.8 Å². The molecule has 0 bridgehead atoms. The number of carbonyl (C=O) groups is 2. The molecule has 0 spiro atoms. The maximum atomic E-state index is 12.8. The van der Waals surface area contributed by atoms with Crippen molar-refractivity contribution < 1.29 is 23.8 Å². The van der Waals surface area contributed by atoms with E-state index in [0.29, 0.717) is 17.9 Å². The molecule has 0 N–H and O–H groups in total. The molecule has 0 aromatic heterocycles. The van der Waals surface area contributed by atoms with Crippen LogP contribution >= 0.6 is 0 Å². The smallest absolute Gasteiger partial charge is 0.411 e. The molecule has 1 fully saturated rings. The van der Waals surface area contributed by atoms with Crippen molar-refractivity contribution in [3.8, 4) is 5.75 Å². The van der Waals surface area contributed by atoms with Crippen molar-refractivity contribution in [2.75, 3.05) is 7.11 Å². The van der Waals surface area contributed by atoms with Crippen molar-refractivity contribution >= 4 is 12.1 Å². The van der Waals surface area contributed by atoms with Gasteiger partial charge in [0.05, 0.1) is 13.2 Å². The normalized spacial score (nSPS) is 18.7. The number of methoxy groups -OCH3 is 1. The van der Waals surface area contributed by atoms with Gasteiger partial charge < -0.3 is 14.2 Å². The van der Waals surface area contributed by atoms with Crippen LogP contribution in [0.25, 0.3) is 0 Å². The Morgan fingerprint density at radius 2 is 1.59 bits per heavy atom. The van der Waals surface area contributed by atoms with Gasteiger partial charge in [-0.25, -0.2) is 9.59 Å². The maximum absolute atomic E-state index is 12.8. The number of benzene rings is 3. The van der Waals surface area contributed by atoms with Gasteiger partial charge in [-0.15, -0.1) is 0 Å². The minimum Gasteiger partial charge on any atom is -0.489 e. The Hall–Kier alpha value is -3.80. The van der Waals surface area contributed by atoms with Crippen LogP contribution < -0.4 is 4.74 Å². The van der Waals surface area contributed by atoms with Gasteiger partial charge in [0.25, 0.3) is 0 Å². The summed E-state index contributed by atoms with van der Waals surface area (Å²) in [5.74, 6) is 0.166. The zero-order valence-electron chi connectivity index (χ0n) is 18.0. The number of ether oxygens (including phenoxy) is 3. The van der Waals surface area contributed by atoms with Crippen molar-refractivity contribution in [3.63, 3.8) is 0 Å². The number of esters is 1. The first-order chi connectivity index (χ1) is 15.6. The molecule has 3 aromatic rings. The number of hydrogen-bond acceptors (Lipinski definition) is 5. The van der Waals surface area contributed by atoms with E-state index in [9.17, 15) is 9.59 Å². The first kappa shape index (κ1) is 21.4. The van der Waals surface area contributed by atoms with Gasteiger partial charge in [0.1, 0.15) is 12.4 Å². The molecule has 1 aliphatic heterocycles. The Kier molecular flexibility index (Phi) is 6.40. The Labute approximate surface area is 187 Å². The standard InChI is InChI=1S/C26H25NO5/c1-18(20-11-7-4-8-12-20)27-23(25(28)30-2)24(32-26(27)29)21-13-15-22(16-14-21)31-17-19-9-5-3-6-10-19/h3-16,18,23-24H,17H2,1-2H3. The quantitative estimate of drug-likeness (QED) is 0.489. The summed E-state index contributed by atoms with van der Waals surface area (Å²) in [7, 11) is 1.31. The van der Waals surface area contributed by atoms with E-state index in [-0.39, 0.29) is 6.04 Å². The maximum Gasteiger partial charge on any atom is 0.411 e. The molecule has 1 saturated heterocycles. The van der Waals surface area contributed by atoms with E-state index in [1.165, 1.54) is 12.0 Å². The summed E-state index contributed by atoms with van der Waals surface area (Å²) < 4.78 is 16.5. The van der Waals surface area contributed by atoms with Gasteiger partial charge >= 0.3 is 12.1 Å². The Bertz CT molecular complexity index is 1050. The van der Waals surface area contributed by atoms with Crippen molar-refractivity contribution in [2.24, 2.45) is 0 Å². The lowest BCUT2D eigenvalue weighted by molar-refractivity contribution is -0.147. The molecule has 164 valence electrons. The summed E-state index contributed by atoms with van der Waals surface area (Å²) in [6.45, 7) is 2.32. The lowest BCUT2D eigenvalue weighted by atomic mass is 9.99. The zero-order chi connectivity index (χ0) is 22.5. The Balaban J connectivity index is 1.54. The summed E-state index contributed by atoms with van der Waals surface area (Å²) >= 11 is 0. The van der Waals surface area contributed by atoms with Gasteiger partial charge in [-0.05, 0) is 35.7 Å². The molecule has 1 heterocycles. The van der Waals surface area contributed by atoms with E-state index in [1.807, 2.05) is 91.9 Å². The highest BCUT2D eigenvalue weighted by molar-refractivity contribution is 5.85. The van der Waals surface area contributed by atoms with Crippen molar-refractivity contribution in [1.82, 2.24) is 4.90 Å². The van der Waals surface area contributed by atoms with Crippen LogP contribution in [-0.2, 0) is 20.9 Å². The highest BCUT2D eigenvalue weighted by Gasteiger charge is 2.49. The highest BCUT2D eigenvalue weighted by Crippen LogP contribution is 2.39. The zero-order valence-corrected chi connectivity index (χ0v) is 18.0. The fourth-order valence-electron chi connectivity index (χ4n) is 3.89. The third kappa shape index (κ3) is 4.44. The third-order valence-electron chi connectivity index (χ3n) is 5.62. The molecular formula is C26H25NO5. The fraction of sp³-hybridized carbons (Fsp3) is 0.231. The van der Waals surface area contributed by atoms with Gasteiger partial charge in [0.15, 0.2) is 12.1 Å². The van der Waals surface area contributed by atoms with Crippen LogP contribution in [0.15, 0.2) is 84.9 Å². The number of nitrogens with zero attached hydrogens (tertiary/aromatic N) is 1. The molecule has 32 heavy (non-hydrogen) atoms. The molecule has 4 rings (SSSR count). The lowest BCUT2D eigenvalue weighted by Gasteiger charge is -2.28. The van der Waals surface area contributed by atoms with E-state index >= 15 is 0 Å². The number of carbonyl (C=O) groups excluding carboxylic acids is 2. The third-order valence-corrected chi connectivity index (χ3v) is 5.62. The molecule has 6 heteroatoms. The van der Waals surface area contributed by atoms with Crippen molar-refractivity contribution in [2.45, 2.75) is 31.7 Å². The number of hydrogen-bond donors (Lipinski definition) is 0. The molecule has 1 amide bonds. The topological polar surface area (TPSA) is 65.1 Å². The van der Waals surface area contributed by atoms with Crippen molar-refractivity contribution in [3.05, 3.63) is 102 Å². The average molecular weight is 431 g/mol. The fourth-order valence-corrected chi connectivity index (χ4v) is 3.89. The molecular weight excluding hydrogens is 406 g/mol. The predicted molar refractivity (Wildman–Crippen MR) is 119 cm³/mol. The van der Waals surface area contributed by atoms with E-state index in [4.69, 9.17) is 14.2 Å². The summed E-state index contributed by atoms with van der Waals surface area (Å²) in [4.78, 5) is 26.9. The second-order valence-corrected chi connectivity index (χ2v) is 7.61. The molecule has 0 radical (unpaired) electrons. The Morgan fingerprint density at radius 1 is 0.969 bits per heavy atom. The SMILES string of the molecule is COC(=O)C1C(c2ccc(OCc3ccccc3)cc2)OC(=O)N1C(C)c1ccccc1. The van der Waals surface area contributed by atoms with Gasteiger partial charge in [0.2, 0.25) is 0 Å². The molecule has 3 atom stereocenters. The largest absolute Gasteiger partial charge is 0.489 e. The van der Waals surface area contributed by atoms with Gasteiger partial charge in [0, 0.05) is 0 Å². The summed E-state index contributed by atoms with van der Waals surface area (Å²) in [6, 6.07) is 25.4. The monoisotopic (exact) mass is 431 g/mol.